The topological polar surface area (TPSA) is 50.1 Å². The van der Waals surface area contributed by atoms with Crippen LogP contribution in [-0.4, -0.2) is 12.6 Å². The van der Waals surface area contributed by atoms with E-state index < -0.39 is 5.97 Å². The molecule has 0 saturated heterocycles. The van der Waals surface area contributed by atoms with Crippen LogP contribution in [0.4, 0.5) is 0 Å². The molecule has 1 aromatic rings. The van der Waals surface area contributed by atoms with Gasteiger partial charge in [-0.3, -0.25) is 0 Å². The highest BCUT2D eigenvalue weighted by Crippen LogP contribution is 2.19. The number of ether oxygens (including phenoxy) is 1. The second-order valence-corrected chi connectivity index (χ2v) is 3.81. The number of nitriles is 1. The van der Waals surface area contributed by atoms with E-state index in [4.69, 9.17) is 10.00 Å². The van der Waals surface area contributed by atoms with Gasteiger partial charge in [-0.2, -0.15) is 5.26 Å². The van der Waals surface area contributed by atoms with Crippen molar-refractivity contribution in [3.05, 3.63) is 27.5 Å². The van der Waals surface area contributed by atoms with Crippen LogP contribution in [0, 0.1) is 18.3 Å². The number of thiophene rings is 1. The molecule has 0 bridgehead atoms. The fourth-order valence-electron chi connectivity index (χ4n) is 1.01. The standard InChI is InChI=1S/C11H11NO2S/c1-3-14-11(13)9(7-12)6-10-8(2)4-5-15-10/h4-6H,3H2,1-2H3/b9-6-. The van der Waals surface area contributed by atoms with E-state index in [9.17, 15) is 4.79 Å². The minimum Gasteiger partial charge on any atom is -0.462 e. The van der Waals surface area contributed by atoms with Crippen LogP contribution in [-0.2, 0) is 9.53 Å². The first-order chi connectivity index (χ1) is 7.19. The summed E-state index contributed by atoms with van der Waals surface area (Å²) < 4.78 is 4.76. The lowest BCUT2D eigenvalue weighted by atomic mass is 10.2. The first kappa shape index (κ1) is 11.5. The molecule has 1 rings (SSSR count). The minimum absolute atomic E-state index is 0.0439. The molecule has 0 atom stereocenters. The molecule has 1 aromatic heterocycles. The van der Waals surface area contributed by atoms with E-state index >= 15 is 0 Å². The zero-order valence-corrected chi connectivity index (χ0v) is 9.43. The van der Waals surface area contributed by atoms with Crippen molar-refractivity contribution in [1.82, 2.24) is 0 Å². The molecule has 0 unspecified atom stereocenters. The summed E-state index contributed by atoms with van der Waals surface area (Å²) in [6.45, 7) is 3.92. The maximum absolute atomic E-state index is 11.3. The normalized spacial score (nSPS) is 10.9. The lowest BCUT2D eigenvalue weighted by Gasteiger charge is -1.98. The van der Waals surface area contributed by atoms with Gasteiger partial charge in [0.05, 0.1) is 6.61 Å². The van der Waals surface area contributed by atoms with Crippen LogP contribution < -0.4 is 0 Å². The largest absolute Gasteiger partial charge is 0.462 e. The molecule has 3 nitrogen and oxygen atoms in total. The highest BCUT2D eigenvalue weighted by atomic mass is 32.1. The van der Waals surface area contributed by atoms with Gasteiger partial charge >= 0.3 is 5.97 Å². The van der Waals surface area contributed by atoms with Crippen LogP contribution in [0.1, 0.15) is 17.4 Å². The molecule has 0 saturated carbocycles. The zero-order chi connectivity index (χ0) is 11.3. The van der Waals surface area contributed by atoms with Crippen molar-refractivity contribution in [2.75, 3.05) is 6.61 Å². The molecule has 4 heteroatoms. The molecule has 0 aliphatic heterocycles. The molecule has 15 heavy (non-hydrogen) atoms. The second-order valence-electron chi connectivity index (χ2n) is 2.86. The van der Waals surface area contributed by atoms with Gasteiger partial charge < -0.3 is 4.74 Å². The Balaban J connectivity index is 2.94. The third-order valence-corrected chi connectivity index (χ3v) is 2.76. The zero-order valence-electron chi connectivity index (χ0n) is 8.61. The van der Waals surface area contributed by atoms with E-state index in [-0.39, 0.29) is 12.2 Å². The van der Waals surface area contributed by atoms with Gasteiger partial charge in [-0.25, -0.2) is 4.79 Å². The van der Waals surface area contributed by atoms with Crippen LogP contribution in [0.15, 0.2) is 17.0 Å². The highest BCUT2D eigenvalue weighted by molar-refractivity contribution is 7.11. The average Bonchev–Trinajstić information content (AvgIpc) is 2.61. The fourth-order valence-corrected chi connectivity index (χ4v) is 1.87. The maximum atomic E-state index is 11.3. The quantitative estimate of drug-likeness (QED) is 0.447. The summed E-state index contributed by atoms with van der Waals surface area (Å²) in [6, 6.07) is 3.79. The summed E-state index contributed by atoms with van der Waals surface area (Å²) in [4.78, 5) is 12.2. The third kappa shape index (κ3) is 2.93. The molecule has 78 valence electrons. The van der Waals surface area contributed by atoms with Gasteiger partial charge in [-0.15, -0.1) is 11.3 Å². The lowest BCUT2D eigenvalue weighted by Crippen LogP contribution is -2.05. The van der Waals surface area contributed by atoms with Gasteiger partial charge in [0, 0.05) is 4.88 Å². The summed E-state index contributed by atoms with van der Waals surface area (Å²) >= 11 is 1.49. The lowest BCUT2D eigenvalue weighted by molar-refractivity contribution is -0.137. The SMILES string of the molecule is CCOC(=O)/C(C#N)=C\c1sccc1C. The predicted molar refractivity (Wildman–Crippen MR) is 59.3 cm³/mol. The predicted octanol–water partition coefficient (Wildman–Crippen LogP) is 2.53. The van der Waals surface area contributed by atoms with Crippen LogP contribution in [0.3, 0.4) is 0 Å². The van der Waals surface area contributed by atoms with E-state index in [2.05, 4.69) is 0 Å². The summed E-state index contributed by atoms with van der Waals surface area (Å²) in [5.41, 5.74) is 1.10. The number of hydrogen-bond donors (Lipinski definition) is 0. The van der Waals surface area contributed by atoms with Crippen molar-refractivity contribution in [2.24, 2.45) is 0 Å². The molecule has 0 fully saturated rings. The van der Waals surface area contributed by atoms with E-state index in [1.54, 1.807) is 13.0 Å². The summed E-state index contributed by atoms with van der Waals surface area (Å²) in [5.74, 6) is -0.562. The first-order valence-corrected chi connectivity index (χ1v) is 5.40. The third-order valence-electron chi connectivity index (χ3n) is 1.79. The highest BCUT2D eigenvalue weighted by Gasteiger charge is 2.10. The molecule has 0 spiro atoms. The number of carbonyl (C=O) groups excluding carboxylic acids is 1. The number of aryl methyl sites for hydroxylation is 1. The van der Waals surface area contributed by atoms with Crippen molar-refractivity contribution < 1.29 is 9.53 Å². The smallest absolute Gasteiger partial charge is 0.348 e. The Kier molecular flexibility index (Phi) is 4.07. The summed E-state index contributed by atoms with van der Waals surface area (Å²) in [5, 5.41) is 10.7. The van der Waals surface area contributed by atoms with Gasteiger partial charge in [0.15, 0.2) is 0 Å². The average molecular weight is 221 g/mol. The Morgan fingerprint density at radius 3 is 2.93 bits per heavy atom. The Hall–Kier alpha value is -1.60. The van der Waals surface area contributed by atoms with Gasteiger partial charge in [-0.05, 0) is 36.9 Å². The second kappa shape index (κ2) is 5.32. The van der Waals surface area contributed by atoms with Gasteiger partial charge in [-0.1, -0.05) is 0 Å². The molecule has 0 amide bonds. The van der Waals surface area contributed by atoms with E-state index in [0.717, 1.165) is 10.4 Å². The number of rotatable bonds is 3. The van der Waals surface area contributed by atoms with Crippen molar-refractivity contribution in [3.8, 4) is 6.07 Å². The molecule has 1 heterocycles. The monoisotopic (exact) mass is 221 g/mol. The number of esters is 1. The minimum atomic E-state index is -0.562. The number of hydrogen-bond acceptors (Lipinski definition) is 4. The molecule has 0 aliphatic carbocycles. The molecule has 0 radical (unpaired) electrons. The van der Waals surface area contributed by atoms with Crippen LogP contribution in [0.25, 0.3) is 6.08 Å². The Labute approximate surface area is 92.6 Å². The molecular formula is C11H11NO2S. The van der Waals surface area contributed by atoms with E-state index in [0.29, 0.717) is 0 Å². The molecule has 0 aromatic carbocycles. The number of nitrogens with zero attached hydrogens (tertiary/aromatic N) is 1. The van der Waals surface area contributed by atoms with Crippen molar-refractivity contribution in [3.63, 3.8) is 0 Å². The van der Waals surface area contributed by atoms with E-state index in [1.807, 2.05) is 24.4 Å². The summed E-state index contributed by atoms with van der Waals surface area (Å²) in [7, 11) is 0. The van der Waals surface area contributed by atoms with Crippen LogP contribution >= 0.6 is 11.3 Å². The van der Waals surface area contributed by atoms with Crippen molar-refractivity contribution >= 4 is 23.4 Å². The van der Waals surface area contributed by atoms with Crippen molar-refractivity contribution in [1.29, 1.82) is 5.26 Å². The fraction of sp³-hybridized carbons (Fsp3) is 0.273. The van der Waals surface area contributed by atoms with E-state index in [1.165, 1.54) is 11.3 Å². The summed E-state index contributed by atoms with van der Waals surface area (Å²) in [6.07, 6.45) is 1.57. The van der Waals surface area contributed by atoms with Gasteiger partial charge in [0.25, 0.3) is 0 Å². The molecule has 0 N–H and O–H groups in total. The Morgan fingerprint density at radius 2 is 2.47 bits per heavy atom. The van der Waals surface area contributed by atoms with Crippen molar-refractivity contribution in [2.45, 2.75) is 13.8 Å². The van der Waals surface area contributed by atoms with Gasteiger partial charge in [0.1, 0.15) is 11.6 Å². The molecular weight excluding hydrogens is 210 g/mol. The maximum Gasteiger partial charge on any atom is 0.348 e. The Morgan fingerprint density at radius 1 is 1.73 bits per heavy atom. The van der Waals surface area contributed by atoms with Crippen LogP contribution in [0.2, 0.25) is 0 Å². The number of carbonyl (C=O) groups is 1. The molecule has 0 aliphatic rings. The van der Waals surface area contributed by atoms with Gasteiger partial charge in [0.2, 0.25) is 0 Å². The van der Waals surface area contributed by atoms with Crippen LogP contribution in [0.5, 0.6) is 0 Å². The Bertz CT molecular complexity index is 426. The first-order valence-electron chi connectivity index (χ1n) is 4.52.